The fourth-order valence-corrected chi connectivity index (χ4v) is 2.17. The van der Waals surface area contributed by atoms with Crippen LogP contribution >= 0.6 is 0 Å². The van der Waals surface area contributed by atoms with Gasteiger partial charge in [-0.05, 0) is 12.1 Å². The third-order valence-corrected chi connectivity index (χ3v) is 3.16. The molecule has 92 valence electrons. The first kappa shape index (κ1) is 12.3. The van der Waals surface area contributed by atoms with Crippen LogP contribution < -0.4 is 0 Å². The molecule has 0 saturated carbocycles. The number of aliphatic imine (C=N–C) groups is 1. The van der Waals surface area contributed by atoms with Gasteiger partial charge in [-0.2, -0.15) is 16.8 Å². The zero-order valence-corrected chi connectivity index (χ0v) is 10.2. The first-order valence-corrected chi connectivity index (χ1v) is 6.59. The summed E-state index contributed by atoms with van der Waals surface area (Å²) < 4.78 is 43.3. The van der Waals surface area contributed by atoms with Crippen LogP contribution in [0, 0.1) is 0 Å². The van der Waals surface area contributed by atoms with E-state index in [0.717, 1.165) is 0 Å². The molecular formula is C8H4N4O4S2. The summed E-state index contributed by atoms with van der Waals surface area (Å²) in [7, 11) is -5.65. The summed E-state index contributed by atoms with van der Waals surface area (Å²) in [5.74, 6) is -0.0657. The van der Waals surface area contributed by atoms with E-state index in [1.54, 1.807) is 18.2 Å². The lowest BCUT2D eigenvalue weighted by molar-refractivity contribution is 0.624. The van der Waals surface area contributed by atoms with Crippen molar-refractivity contribution in [3.8, 4) is 0 Å². The van der Waals surface area contributed by atoms with Crippen molar-refractivity contribution in [2.75, 3.05) is 0 Å². The van der Waals surface area contributed by atoms with Crippen molar-refractivity contribution in [3.05, 3.63) is 30.1 Å². The van der Waals surface area contributed by atoms with E-state index in [2.05, 4.69) is 20.2 Å². The molecule has 0 radical (unpaired) electrons. The molecule has 0 spiro atoms. The second-order valence-electron chi connectivity index (χ2n) is 2.93. The maximum Gasteiger partial charge on any atom is 0.246 e. The fourth-order valence-electron chi connectivity index (χ4n) is 1.12. The van der Waals surface area contributed by atoms with E-state index in [-0.39, 0.29) is 5.84 Å². The Bertz CT molecular complexity index is 803. The second kappa shape index (κ2) is 4.98. The summed E-state index contributed by atoms with van der Waals surface area (Å²) in [6.45, 7) is 0. The summed E-state index contributed by atoms with van der Waals surface area (Å²) in [5, 5.41) is 6.84. The summed E-state index contributed by atoms with van der Waals surface area (Å²) in [4.78, 5) is 6.12. The Morgan fingerprint density at radius 2 is 1.61 bits per heavy atom. The average Bonchev–Trinajstić information content (AvgIpc) is 2.39. The van der Waals surface area contributed by atoms with E-state index < -0.39 is 30.6 Å². The predicted octanol–water partition coefficient (Wildman–Crippen LogP) is -0.688. The molecule has 0 amide bonds. The fraction of sp³-hybridized carbons (Fsp3) is 0. The van der Waals surface area contributed by atoms with Gasteiger partial charge in [0, 0.05) is 6.20 Å². The molecule has 0 aliphatic carbocycles. The number of nitrogens with zero attached hydrogens (tertiary/aromatic N) is 4. The SMILES string of the molecule is O=S(=O)=C1N=NC(c2ccccn2)=NC1=S(=O)=O. The van der Waals surface area contributed by atoms with Gasteiger partial charge in [-0.1, -0.05) is 6.07 Å². The van der Waals surface area contributed by atoms with Gasteiger partial charge in [0.2, 0.25) is 36.4 Å². The minimum atomic E-state index is -2.83. The molecule has 1 aliphatic heterocycles. The van der Waals surface area contributed by atoms with Crippen LogP contribution in [0.15, 0.2) is 39.6 Å². The molecular weight excluding hydrogens is 280 g/mol. The van der Waals surface area contributed by atoms with Gasteiger partial charge in [0.25, 0.3) is 0 Å². The van der Waals surface area contributed by atoms with Gasteiger partial charge in [0.1, 0.15) is 5.69 Å². The summed E-state index contributed by atoms with van der Waals surface area (Å²) in [6.07, 6.45) is 1.46. The second-order valence-corrected chi connectivity index (χ2v) is 4.64. The summed E-state index contributed by atoms with van der Waals surface area (Å²) in [6, 6.07) is 4.85. The molecule has 2 heterocycles. The number of pyridine rings is 1. The Kier molecular flexibility index (Phi) is 3.39. The number of aromatic nitrogens is 1. The van der Waals surface area contributed by atoms with Crippen LogP contribution in [-0.4, -0.2) is 37.6 Å². The molecule has 0 N–H and O–H groups in total. The van der Waals surface area contributed by atoms with E-state index in [9.17, 15) is 16.8 Å². The molecule has 18 heavy (non-hydrogen) atoms. The zero-order valence-electron chi connectivity index (χ0n) is 8.55. The van der Waals surface area contributed by atoms with Gasteiger partial charge in [0.05, 0.1) is 0 Å². The maximum atomic E-state index is 10.9. The Balaban J connectivity index is 2.66. The van der Waals surface area contributed by atoms with E-state index in [1.807, 2.05) is 0 Å². The molecule has 0 saturated heterocycles. The molecule has 1 aromatic rings. The average molecular weight is 284 g/mol. The molecule has 0 bridgehead atoms. The highest BCUT2D eigenvalue weighted by atomic mass is 32.2. The monoisotopic (exact) mass is 284 g/mol. The van der Waals surface area contributed by atoms with Gasteiger partial charge >= 0.3 is 0 Å². The van der Waals surface area contributed by atoms with E-state index >= 15 is 0 Å². The van der Waals surface area contributed by atoms with Gasteiger partial charge < -0.3 is 0 Å². The van der Waals surface area contributed by atoms with Gasteiger partial charge in [0.15, 0.2) is 0 Å². The van der Waals surface area contributed by atoms with Crippen LogP contribution in [0.2, 0.25) is 0 Å². The van der Waals surface area contributed by atoms with E-state index in [4.69, 9.17) is 0 Å². The Morgan fingerprint density at radius 1 is 0.889 bits per heavy atom. The number of hydrogen-bond donors (Lipinski definition) is 0. The molecule has 0 unspecified atom stereocenters. The first-order valence-electron chi connectivity index (χ1n) is 4.44. The lowest BCUT2D eigenvalue weighted by Crippen LogP contribution is -2.19. The topological polar surface area (TPSA) is 118 Å². The largest absolute Gasteiger partial charge is 0.253 e. The van der Waals surface area contributed by atoms with Crippen LogP contribution in [0.4, 0.5) is 0 Å². The predicted molar refractivity (Wildman–Crippen MR) is 63.5 cm³/mol. The first-order chi connectivity index (χ1) is 8.59. The van der Waals surface area contributed by atoms with Crippen LogP contribution in [0.1, 0.15) is 5.69 Å². The molecule has 2 rings (SSSR count). The molecule has 10 heteroatoms. The highest BCUT2D eigenvalue weighted by Gasteiger charge is 2.19. The molecule has 0 atom stereocenters. The molecule has 0 aromatic carbocycles. The van der Waals surface area contributed by atoms with Crippen LogP contribution in [0.3, 0.4) is 0 Å². The minimum Gasteiger partial charge on any atom is -0.253 e. The molecule has 8 nitrogen and oxygen atoms in total. The van der Waals surface area contributed by atoms with Crippen LogP contribution in [0.5, 0.6) is 0 Å². The molecule has 1 aromatic heterocycles. The number of azo groups is 1. The molecule has 0 fully saturated rings. The van der Waals surface area contributed by atoms with Crippen molar-refractivity contribution < 1.29 is 16.8 Å². The zero-order chi connectivity index (χ0) is 13.1. The van der Waals surface area contributed by atoms with Gasteiger partial charge in [-0.3, -0.25) is 4.98 Å². The quantitative estimate of drug-likeness (QED) is 0.632. The highest BCUT2D eigenvalue weighted by molar-refractivity contribution is 7.82. The smallest absolute Gasteiger partial charge is 0.246 e. The molecule has 1 aliphatic rings. The number of rotatable bonds is 1. The Labute approximate surface area is 104 Å². The van der Waals surface area contributed by atoms with Crippen molar-refractivity contribution in [2.45, 2.75) is 0 Å². The lowest BCUT2D eigenvalue weighted by atomic mass is 10.3. The van der Waals surface area contributed by atoms with Crippen molar-refractivity contribution in [1.29, 1.82) is 0 Å². The van der Waals surface area contributed by atoms with E-state index in [0.29, 0.717) is 5.69 Å². The van der Waals surface area contributed by atoms with Gasteiger partial charge in [-0.15, -0.1) is 10.2 Å². The lowest BCUT2D eigenvalue weighted by Gasteiger charge is -2.02. The third-order valence-electron chi connectivity index (χ3n) is 1.84. The summed E-state index contributed by atoms with van der Waals surface area (Å²) in [5.41, 5.74) is 0.292. The normalized spacial score (nSPS) is 14.3. The maximum absolute atomic E-state index is 10.9. The van der Waals surface area contributed by atoms with Crippen LogP contribution in [0.25, 0.3) is 0 Å². The van der Waals surface area contributed by atoms with Crippen LogP contribution in [-0.2, 0) is 20.6 Å². The number of hydrogen-bond acceptors (Lipinski definition) is 6. The number of amidine groups is 1. The minimum absolute atomic E-state index is 0.0657. The summed E-state index contributed by atoms with van der Waals surface area (Å²) >= 11 is 0. The van der Waals surface area contributed by atoms with Crippen molar-refractivity contribution in [3.63, 3.8) is 0 Å². The standard InChI is InChI=1S/C8H4N4O4S2/c13-17(14)7-8(18(15)16)12-11-6(10-7)5-3-1-2-4-9-5/h1-4H. The van der Waals surface area contributed by atoms with Gasteiger partial charge in [-0.25, -0.2) is 4.99 Å². The van der Waals surface area contributed by atoms with E-state index in [1.165, 1.54) is 6.20 Å². The highest BCUT2D eigenvalue weighted by Crippen LogP contribution is 2.05. The van der Waals surface area contributed by atoms with Crippen molar-refractivity contribution in [1.82, 2.24) is 4.98 Å². The Hall–Kier alpha value is -2.20. The Morgan fingerprint density at radius 3 is 2.17 bits per heavy atom. The van der Waals surface area contributed by atoms with Crippen molar-refractivity contribution >= 4 is 36.4 Å². The third kappa shape index (κ3) is 2.38. The van der Waals surface area contributed by atoms with Crippen molar-refractivity contribution in [2.24, 2.45) is 15.2 Å².